The molecule has 118 valence electrons. The van der Waals surface area contributed by atoms with Gasteiger partial charge in [-0.3, -0.25) is 9.69 Å². The van der Waals surface area contributed by atoms with Crippen molar-refractivity contribution in [3.63, 3.8) is 0 Å². The van der Waals surface area contributed by atoms with Crippen molar-refractivity contribution in [1.82, 2.24) is 10.6 Å². The van der Waals surface area contributed by atoms with Crippen molar-refractivity contribution in [1.29, 1.82) is 0 Å². The summed E-state index contributed by atoms with van der Waals surface area (Å²) in [5.41, 5.74) is 1.53. The monoisotopic (exact) mass is 302 g/mol. The lowest BCUT2D eigenvalue weighted by Gasteiger charge is -2.27. The van der Waals surface area contributed by atoms with Crippen LogP contribution in [0.3, 0.4) is 0 Å². The summed E-state index contributed by atoms with van der Waals surface area (Å²) in [6.07, 6.45) is 1.98. The molecule has 0 spiro atoms. The minimum atomic E-state index is -0.137. The normalized spacial score (nSPS) is 25.0. The summed E-state index contributed by atoms with van der Waals surface area (Å²) in [6.45, 7) is 4.36. The highest BCUT2D eigenvalue weighted by atomic mass is 16.2. The summed E-state index contributed by atoms with van der Waals surface area (Å²) in [5.74, 6) is 0.561. The number of carbonyl (C=O) groups excluding carboxylic acids is 2. The van der Waals surface area contributed by atoms with Gasteiger partial charge >= 0.3 is 6.03 Å². The van der Waals surface area contributed by atoms with E-state index in [4.69, 9.17) is 0 Å². The van der Waals surface area contributed by atoms with Gasteiger partial charge in [0.1, 0.15) is 0 Å². The molecular formula is C16H22N4O2. The molecule has 2 fully saturated rings. The third kappa shape index (κ3) is 3.22. The highest BCUT2D eigenvalue weighted by Gasteiger charge is 2.25. The predicted octanol–water partition coefficient (Wildman–Crippen LogP) is 1.54. The summed E-state index contributed by atoms with van der Waals surface area (Å²) in [7, 11) is 0. The van der Waals surface area contributed by atoms with E-state index >= 15 is 0 Å². The quantitative estimate of drug-likeness (QED) is 0.793. The van der Waals surface area contributed by atoms with Crippen molar-refractivity contribution in [2.45, 2.75) is 25.8 Å². The van der Waals surface area contributed by atoms with Gasteiger partial charge < -0.3 is 16.0 Å². The summed E-state index contributed by atoms with van der Waals surface area (Å²) >= 11 is 0. The number of piperidine rings is 1. The van der Waals surface area contributed by atoms with E-state index in [1.165, 1.54) is 0 Å². The standard InChI is InChI=1S/C16H22N4O2/c1-11-5-6-17-14(9-11)15(21)19-12-3-2-4-13(10-12)20-8-7-18-16(20)22/h2-4,10-11,14,17H,5-9H2,1H3,(H,18,22)(H,19,21). The van der Waals surface area contributed by atoms with Crippen LogP contribution in [-0.4, -0.2) is 37.6 Å². The Bertz CT molecular complexity index is 575. The van der Waals surface area contributed by atoms with Gasteiger partial charge in [-0.15, -0.1) is 0 Å². The van der Waals surface area contributed by atoms with Gasteiger partial charge in [0.05, 0.1) is 6.04 Å². The lowest BCUT2D eigenvalue weighted by molar-refractivity contribution is -0.119. The zero-order valence-electron chi connectivity index (χ0n) is 12.8. The van der Waals surface area contributed by atoms with E-state index in [2.05, 4.69) is 22.9 Å². The molecule has 2 aliphatic heterocycles. The number of anilines is 2. The van der Waals surface area contributed by atoms with Crippen molar-refractivity contribution in [2.24, 2.45) is 5.92 Å². The number of nitrogens with zero attached hydrogens (tertiary/aromatic N) is 1. The first kappa shape index (κ1) is 14.8. The van der Waals surface area contributed by atoms with E-state index < -0.39 is 0 Å². The van der Waals surface area contributed by atoms with Crippen LogP contribution < -0.4 is 20.9 Å². The third-order valence-electron chi connectivity index (χ3n) is 4.26. The Morgan fingerprint density at radius 3 is 2.95 bits per heavy atom. The smallest absolute Gasteiger partial charge is 0.321 e. The number of rotatable bonds is 3. The average Bonchev–Trinajstić information content (AvgIpc) is 2.94. The Morgan fingerprint density at radius 1 is 1.36 bits per heavy atom. The summed E-state index contributed by atoms with van der Waals surface area (Å²) in [6, 6.07) is 7.19. The summed E-state index contributed by atoms with van der Waals surface area (Å²) in [5, 5.41) is 8.99. The first-order valence-electron chi connectivity index (χ1n) is 7.83. The third-order valence-corrected chi connectivity index (χ3v) is 4.26. The van der Waals surface area contributed by atoms with E-state index in [1.807, 2.05) is 24.3 Å². The van der Waals surface area contributed by atoms with Crippen molar-refractivity contribution < 1.29 is 9.59 Å². The minimum absolute atomic E-state index is 0.00502. The Morgan fingerprint density at radius 2 is 2.23 bits per heavy atom. The highest BCUT2D eigenvalue weighted by molar-refractivity contribution is 5.97. The molecule has 0 aromatic heterocycles. The zero-order valence-corrected chi connectivity index (χ0v) is 12.8. The second-order valence-electron chi connectivity index (χ2n) is 6.06. The Balaban J connectivity index is 1.67. The Hall–Kier alpha value is -2.08. The largest absolute Gasteiger partial charge is 0.336 e. The fourth-order valence-corrected chi connectivity index (χ4v) is 3.01. The van der Waals surface area contributed by atoms with Crippen molar-refractivity contribution >= 4 is 23.3 Å². The maximum Gasteiger partial charge on any atom is 0.321 e. The molecule has 3 rings (SSSR count). The predicted molar refractivity (Wildman–Crippen MR) is 86.0 cm³/mol. The van der Waals surface area contributed by atoms with E-state index in [0.717, 1.165) is 30.8 Å². The van der Waals surface area contributed by atoms with Gasteiger partial charge in [-0.05, 0) is 43.5 Å². The number of carbonyl (C=O) groups is 2. The fraction of sp³-hybridized carbons (Fsp3) is 0.500. The van der Waals surface area contributed by atoms with E-state index in [1.54, 1.807) is 4.90 Å². The van der Waals surface area contributed by atoms with Crippen LogP contribution in [0.1, 0.15) is 19.8 Å². The average molecular weight is 302 g/mol. The van der Waals surface area contributed by atoms with Gasteiger partial charge in [-0.2, -0.15) is 0 Å². The van der Waals surface area contributed by atoms with Gasteiger partial charge in [0.25, 0.3) is 0 Å². The molecule has 0 saturated carbocycles. The zero-order chi connectivity index (χ0) is 15.5. The van der Waals surface area contributed by atoms with Crippen LogP contribution in [-0.2, 0) is 4.79 Å². The molecule has 0 aliphatic carbocycles. The van der Waals surface area contributed by atoms with Gasteiger partial charge in [0.15, 0.2) is 0 Å². The molecule has 3 N–H and O–H groups in total. The van der Waals surface area contributed by atoms with Gasteiger partial charge in [-0.25, -0.2) is 4.79 Å². The number of benzene rings is 1. The molecule has 2 heterocycles. The number of hydrogen-bond donors (Lipinski definition) is 3. The molecule has 6 nitrogen and oxygen atoms in total. The molecule has 3 amide bonds. The second-order valence-corrected chi connectivity index (χ2v) is 6.06. The van der Waals surface area contributed by atoms with Crippen LogP contribution >= 0.6 is 0 Å². The number of hydrogen-bond acceptors (Lipinski definition) is 3. The molecule has 2 unspecified atom stereocenters. The molecule has 2 saturated heterocycles. The van der Waals surface area contributed by atoms with E-state index in [0.29, 0.717) is 19.0 Å². The lowest BCUT2D eigenvalue weighted by atomic mass is 9.94. The van der Waals surface area contributed by atoms with Crippen molar-refractivity contribution in [3.8, 4) is 0 Å². The Labute approximate surface area is 130 Å². The number of nitrogens with one attached hydrogen (secondary N) is 3. The molecule has 0 radical (unpaired) electrons. The molecule has 2 atom stereocenters. The molecular weight excluding hydrogens is 280 g/mol. The fourth-order valence-electron chi connectivity index (χ4n) is 3.01. The topological polar surface area (TPSA) is 73.5 Å². The van der Waals surface area contributed by atoms with Crippen LogP contribution in [0.25, 0.3) is 0 Å². The van der Waals surface area contributed by atoms with Gasteiger partial charge in [-0.1, -0.05) is 13.0 Å². The molecule has 2 aliphatic rings. The first-order chi connectivity index (χ1) is 10.6. The van der Waals surface area contributed by atoms with Gasteiger partial charge in [0.2, 0.25) is 5.91 Å². The summed E-state index contributed by atoms with van der Waals surface area (Å²) < 4.78 is 0. The Kier molecular flexibility index (Phi) is 4.29. The van der Waals surface area contributed by atoms with Crippen molar-refractivity contribution in [3.05, 3.63) is 24.3 Å². The van der Waals surface area contributed by atoms with Crippen LogP contribution in [0.4, 0.5) is 16.2 Å². The second kappa shape index (κ2) is 6.36. The molecule has 1 aromatic carbocycles. The number of urea groups is 1. The van der Waals surface area contributed by atoms with Crippen molar-refractivity contribution in [2.75, 3.05) is 29.9 Å². The maximum atomic E-state index is 12.3. The first-order valence-corrected chi connectivity index (χ1v) is 7.83. The molecule has 0 bridgehead atoms. The van der Waals surface area contributed by atoms with Gasteiger partial charge in [0, 0.05) is 24.5 Å². The van der Waals surface area contributed by atoms with Crippen LogP contribution in [0.5, 0.6) is 0 Å². The maximum absolute atomic E-state index is 12.3. The number of amides is 3. The lowest BCUT2D eigenvalue weighted by Crippen LogP contribution is -2.45. The molecule has 22 heavy (non-hydrogen) atoms. The minimum Gasteiger partial charge on any atom is -0.336 e. The molecule has 6 heteroatoms. The van der Waals surface area contributed by atoms with Crippen LogP contribution in [0.15, 0.2) is 24.3 Å². The highest BCUT2D eigenvalue weighted by Crippen LogP contribution is 2.22. The van der Waals surface area contributed by atoms with Crippen LogP contribution in [0, 0.1) is 5.92 Å². The van der Waals surface area contributed by atoms with Crippen LogP contribution in [0.2, 0.25) is 0 Å². The SMILES string of the molecule is CC1CCNC(C(=O)Nc2cccc(N3CCNC3=O)c2)C1. The van der Waals surface area contributed by atoms with E-state index in [9.17, 15) is 9.59 Å². The summed E-state index contributed by atoms with van der Waals surface area (Å²) in [4.78, 5) is 25.7. The molecule has 1 aromatic rings. The van der Waals surface area contributed by atoms with E-state index in [-0.39, 0.29) is 18.0 Å².